The minimum Gasteiger partial charge on any atom is -0.314 e. The fourth-order valence-electron chi connectivity index (χ4n) is 4.57. The Morgan fingerprint density at radius 1 is 0.903 bits per heavy atom. The average Bonchev–Trinajstić information content (AvgIpc) is 2.81. The number of hydrogen-bond acceptors (Lipinski definition) is 3. The first-order valence-corrected chi connectivity index (χ1v) is 11.1. The molecule has 1 heterocycles. The number of carbonyl (C=O) groups excluding carboxylic acids is 1. The highest BCUT2D eigenvalue weighted by atomic mass is 16.2. The molecule has 31 heavy (non-hydrogen) atoms. The topological polar surface area (TPSA) is 58.1 Å². The van der Waals surface area contributed by atoms with E-state index in [9.17, 15) is 4.79 Å². The van der Waals surface area contributed by atoms with Gasteiger partial charge in [-0.15, -0.1) is 0 Å². The molecule has 160 valence electrons. The van der Waals surface area contributed by atoms with Crippen LogP contribution in [-0.2, 0) is 6.54 Å². The van der Waals surface area contributed by atoms with Crippen LogP contribution in [0.3, 0.4) is 0 Å². The zero-order valence-electron chi connectivity index (χ0n) is 18.3. The second-order valence-electron chi connectivity index (χ2n) is 8.41. The number of nitrogens with one attached hydrogen (secondary N) is 1. The monoisotopic (exact) mass is 414 g/mol. The average molecular weight is 415 g/mol. The van der Waals surface area contributed by atoms with E-state index in [1.54, 1.807) is 18.5 Å². The number of rotatable bonds is 5. The van der Waals surface area contributed by atoms with Crippen LogP contribution >= 0.6 is 0 Å². The van der Waals surface area contributed by atoms with Gasteiger partial charge in [0.2, 0.25) is 0 Å². The number of benzene rings is 2. The van der Waals surface area contributed by atoms with Crippen LogP contribution in [-0.4, -0.2) is 26.9 Å². The van der Waals surface area contributed by atoms with Crippen LogP contribution in [0.1, 0.15) is 54.1 Å². The highest BCUT2D eigenvalue weighted by Crippen LogP contribution is 2.35. The van der Waals surface area contributed by atoms with Crippen LogP contribution in [0.5, 0.6) is 0 Å². The van der Waals surface area contributed by atoms with Gasteiger partial charge < -0.3 is 10.2 Å². The van der Waals surface area contributed by atoms with Crippen molar-refractivity contribution in [3.8, 4) is 0 Å². The molecule has 3 aromatic rings. The molecule has 0 aliphatic heterocycles. The maximum atomic E-state index is 13.4. The molecule has 0 saturated heterocycles. The summed E-state index contributed by atoms with van der Waals surface area (Å²) in [5, 5.41) is 3.17. The Bertz CT molecular complexity index is 978. The maximum Gasteiger partial charge on any atom is 0.322 e. The summed E-state index contributed by atoms with van der Waals surface area (Å²) < 4.78 is 0. The van der Waals surface area contributed by atoms with Crippen molar-refractivity contribution in [1.29, 1.82) is 0 Å². The Morgan fingerprint density at radius 2 is 1.55 bits per heavy atom. The van der Waals surface area contributed by atoms with E-state index in [2.05, 4.69) is 45.6 Å². The number of aromatic nitrogens is 2. The molecule has 1 N–H and O–H groups in total. The lowest BCUT2D eigenvalue weighted by Gasteiger charge is -2.37. The summed E-state index contributed by atoms with van der Waals surface area (Å²) in [5.41, 5.74) is 4.43. The van der Waals surface area contributed by atoms with Gasteiger partial charge in [-0.05, 0) is 68.2 Å². The Balaban J connectivity index is 1.51. The first-order valence-electron chi connectivity index (χ1n) is 11.1. The van der Waals surface area contributed by atoms with Crippen LogP contribution in [0, 0.1) is 13.8 Å². The number of aryl methyl sites for hydroxylation is 2. The maximum absolute atomic E-state index is 13.4. The zero-order valence-corrected chi connectivity index (χ0v) is 18.3. The third kappa shape index (κ3) is 5.10. The summed E-state index contributed by atoms with van der Waals surface area (Å²) >= 11 is 0. The highest BCUT2D eigenvalue weighted by molar-refractivity contribution is 5.91. The van der Waals surface area contributed by atoms with E-state index in [1.807, 2.05) is 36.9 Å². The number of amides is 2. The van der Waals surface area contributed by atoms with Gasteiger partial charge in [-0.1, -0.05) is 48.5 Å². The Hall–Kier alpha value is -3.21. The van der Waals surface area contributed by atoms with Gasteiger partial charge in [-0.25, -0.2) is 14.8 Å². The van der Waals surface area contributed by atoms with Crippen molar-refractivity contribution >= 4 is 11.7 Å². The number of hydrogen-bond donors (Lipinski definition) is 1. The number of nitrogens with zero attached hydrogens (tertiary/aromatic N) is 3. The molecule has 0 bridgehead atoms. The first-order chi connectivity index (χ1) is 15.1. The summed E-state index contributed by atoms with van der Waals surface area (Å²) in [6, 6.07) is 18.7. The van der Waals surface area contributed by atoms with Crippen LogP contribution in [0.25, 0.3) is 0 Å². The first kappa shape index (κ1) is 21.0. The fourth-order valence-corrected chi connectivity index (χ4v) is 4.57. The molecule has 1 saturated carbocycles. The van der Waals surface area contributed by atoms with Crippen molar-refractivity contribution in [1.82, 2.24) is 14.9 Å². The van der Waals surface area contributed by atoms with E-state index >= 15 is 0 Å². The lowest BCUT2D eigenvalue weighted by atomic mass is 9.81. The van der Waals surface area contributed by atoms with Crippen molar-refractivity contribution in [3.05, 3.63) is 89.5 Å². The Labute approximate surface area is 184 Å². The van der Waals surface area contributed by atoms with Crippen LogP contribution < -0.4 is 5.32 Å². The van der Waals surface area contributed by atoms with Gasteiger partial charge in [0.15, 0.2) is 0 Å². The standard InChI is InChI=1S/C26H30N4O/c1-19-8-6-9-20(2)25(19)29-26(31)30(18-24-27-16-7-17-28-24)23-14-12-22(13-15-23)21-10-4-3-5-11-21/h3-11,16-17,22-23H,12-15,18H2,1-2H3,(H,29,31). The smallest absolute Gasteiger partial charge is 0.314 e. The van der Waals surface area contributed by atoms with Crippen LogP contribution in [0.4, 0.5) is 10.5 Å². The second-order valence-corrected chi connectivity index (χ2v) is 8.41. The van der Waals surface area contributed by atoms with E-state index in [0.717, 1.165) is 42.5 Å². The molecule has 1 aliphatic carbocycles. The molecular weight excluding hydrogens is 384 g/mol. The van der Waals surface area contributed by atoms with Crippen molar-refractivity contribution in [3.63, 3.8) is 0 Å². The van der Waals surface area contributed by atoms with Gasteiger partial charge in [0.25, 0.3) is 0 Å². The molecule has 4 rings (SSSR count). The highest BCUT2D eigenvalue weighted by Gasteiger charge is 2.30. The fraction of sp³-hybridized carbons (Fsp3) is 0.346. The minimum atomic E-state index is -0.0759. The van der Waals surface area contributed by atoms with Gasteiger partial charge in [0.1, 0.15) is 5.82 Å². The molecule has 1 aliphatic rings. The summed E-state index contributed by atoms with van der Waals surface area (Å²) in [4.78, 5) is 24.1. The van der Waals surface area contributed by atoms with Crippen molar-refractivity contribution in [2.75, 3.05) is 5.32 Å². The normalized spacial score (nSPS) is 18.4. The van der Waals surface area contributed by atoms with E-state index in [0.29, 0.717) is 18.3 Å². The van der Waals surface area contributed by atoms with Gasteiger partial charge in [0, 0.05) is 24.1 Å². The molecule has 2 amide bonds. The third-order valence-corrected chi connectivity index (χ3v) is 6.31. The molecular formula is C26H30N4O. The number of carbonyl (C=O) groups is 1. The lowest BCUT2D eigenvalue weighted by Crippen LogP contribution is -2.44. The molecule has 1 aromatic heterocycles. The molecule has 0 atom stereocenters. The van der Waals surface area contributed by atoms with E-state index < -0.39 is 0 Å². The molecule has 2 aromatic carbocycles. The van der Waals surface area contributed by atoms with Crippen LogP contribution in [0.15, 0.2) is 67.0 Å². The van der Waals surface area contributed by atoms with Crippen LogP contribution in [0.2, 0.25) is 0 Å². The Kier molecular flexibility index (Phi) is 6.60. The molecule has 5 heteroatoms. The third-order valence-electron chi connectivity index (χ3n) is 6.31. The predicted molar refractivity (Wildman–Crippen MR) is 124 cm³/mol. The van der Waals surface area contributed by atoms with E-state index in [1.165, 1.54) is 5.56 Å². The van der Waals surface area contributed by atoms with E-state index in [4.69, 9.17) is 0 Å². The van der Waals surface area contributed by atoms with Crippen molar-refractivity contribution in [2.45, 2.75) is 58.0 Å². The molecule has 5 nitrogen and oxygen atoms in total. The quantitative estimate of drug-likeness (QED) is 0.569. The number of anilines is 1. The van der Waals surface area contributed by atoms with Gasteiger partial charge in [0.05, 0.1) is 6.54 Å². The molecule has 0 spiro atoms. The second kappa shape index (κ2) is 9.73. The van der Waals surface area contributed by atoms with Gasteiger partial charge in [-0.2, -0.15) is 0 Å². The summed E-state index contributed by atoms with van der Waals surface area (Å²) in [7, 11) is 0. The summed E-state index contributed by atoms with van der Waals surface area (Å²) in [5.74, 6) is 1.23. The SMILES string of the molecule is Cc1cccc(C)c1NC(=O)N(Cc1ncccn1)C1CCC(c2ccccc2)CC1. The largest absolute Gasteiger partial charge is 0.322 e. The van der Waals surface area contributed by atoms with Crippen molar-refractivity contribution < 1.29 is 4.79 Å². The van der Waals surface area contributed by atoms with Gasteiger partial charge >= 0.3 is 6.03 Å². The Morgan fingerprint density at radius 3 is 2.19 bits per heavy atom. The minimum absolute atomic E-state index is 0.0759. The molecule has 0 radical (unpaired) electrons. The molecule has 1 fully saturated rings. The lowest BCUT2D eigenvalue weighted by molar-refractivity contribution is 0.156. The summed E-state index contributed by atoms with van der Waals surface area (Å²) in [6.07, 6.45) is 7.58. The number of para-hydroxylation sites is 1. The zero-order chi connectivity index (χ0) is 21.6. The van der Waals surface area contributed by atoms with Gasteiger partial charge in [-0.3, -0.25) is 0 Å². The van der Waals surface area contributed by atoms with Crippen molar-refractivity contribution in [2.24, 2.45) is 0 Å². The summed E-state index contributed by atoms with van der Waals surface area (Å²) in [6.45, 7) is 4.47. The number of urea groups is 1. The molecule has 0 unspecified atom stereocenters. The predicted octanol–water partition coefficient (Wildman–Crippen LogP) is 5.85. The van der Waals surface area contributed by atoms with E-state index in [-0.39, 0.29) is 12.1 Å².